The summed E-state index contributed by atoms with van der Waals surface area (Å²) in [7, 11) is -1.31. The first-order chi connectivity index (χ1) is 9.01. The van der Waals surface area contributed by atoms with Crippen LogP contribution in [-0.4, -0.2) is 25.8 Å². The first-order valence-electron chi connectivity index (χ1n) is 6.99. The zero-order chi connectivity index (χ0) is 13.9. The predicted octanol–water partition coefficient (Wildman–Crippen LogP) is 3.03. The molecule has 0 spiro atoms. The molecule has 2 rings (SSSR count). The van der Waals surface area contributed by atoms with E-state index < -0.39 is 8.07 Å². The molecule has 0 aromatic heterocycles. The van der Waals surface area contributed by atoms with Gasteiger partial charge in [0.15, 0.2) is 0 Å². The minimum absolute atomic E-state index is 0.0981. The fourth-order valence-corrected chi connectivity index (χ4v) is 3.03. The van der Waals surface area contributed by atoms with Gasteiger partial charge in [-0.2, -0.15) is 0 Å². The molecule has 1 aliphatic rings. The summed E-state index contributed by atoms with van der Waals surface area (Å²) in [6.45, 7) is 7.98. The van der Waals surface area contributed by atoms with Crippen molar-refractivity contribution in [2.75, 3.05) is 11.4 Å². The quantitative estimate of drug-likeness (QED) is 0.661. The zero-order valence-electron chi connectivity index (χ0n) is 12.1. The molecule has 2 nitrogen and oxygen atoms in total. The molecule has 1 unspecified atom stereocenters. The van der Waals surface area contributed by atoms with E-state index in [1.54, 1.807) is 0 Å². The molecule has 0 bridgehead atoms. The van der Waals surface area contributed by atoms with Crippen molar-refractivity contribution in [3.8, 4) is 11.5 Å². The molecule has 3 heteroatoms. The molecule has 102 valence electrons. The molecule has 0 amide bonds. The zero-order valence-corrected chi connectivity index (χ0v) is 13.1. The van der Waals surface area contributed by atoms with Crippen LogP contribution >= 0.6 is 0 Å². The van der Waals surface area contributed by atoms with E-state index in [9.17, 15) is 5.11 Å². The maximum atomic E-state index is 9.47. The molecule has 1 fully saturated rings. The highest BCUT2D eigenvalue weighted by atomic mass is 28.3. The Balaban J connectivity index is 2.25. The first kappa shape index (κ1) is 14.2. The highest BCUT2D eigenvalue weighted by Crippen LogP contribution is 2.28. The Morgan fingerprint density at radius 3 is 2.74 bits per heavy atom. The van der Waals surface area contributed by atoms with E-state index in [1.165, 1.54) is 6.42 Å². The van der Waals surface area contributed by atoms with Crippen LogP contribution in [0.3, 0.4) is 0 Å². The monoisotopic (exact) mass is 273 g/mol. The minimum atomic E-state index is -1.31. The van der Waals surface area contributed by atoms with Crippen molar-refractivity contribution >= 4 is 13.8 Å². The van der Waals surface area contributed by atoms with Crippen LogP contribution in [0.25, 0.3) is 0 Å². The average Bonchev–Trinajstić information content (AvgIpc) is 2.83. The Kier molecular flexibility index (Phi) is 4.33. The van der Waals surface area contributed by atoms with E-state index in [4.69, 9.17) is 0 Å². The summed E-state index contributed by atoms with van der Waals surface area (Å²) in [4.78, 5) is 2.36. The van der Waals surface area contributed by atoms with E-state index in [0.29, 0.717) is 6.04 Å². The van der Waals surface area contributed by atoms with Crippen molar-refractivity contribution in [2.24, 2.45) is 0 Å². The van der Waals surface area contributed by atoms with Gasteiger partial charge in [0, 0.05) is 17.8 Å². The summed E-state index contributed by atoms with van der Waals surface area (Å²) in [6.07, 6.45) is 2.32. The Morgan fingerprint density at radius 2 is 2.05 bits per heavy atom. The van der Waals surface area contributed by atoms with Crippen molar-refractivity contribution in [1.82, 2.24) is 0 Å². The van der Waals surface area contributed by atoms with E-state index in [0.717, 1.165) is 24.2 Å². The second-order valence-corrected chi connectivity index (χ2v) is 10.9. The van der Waals surface area contributed by atoms with Crippen LogP contribution in [0, 0.1) is 11.5 Å². The van der Waals surface area contributed by atoms with Gasteiger partial charge in [-0.05, 0) is 18.9 Å². The van der Waals surface area contributed by atoms with Gasteiger partial charge in [0.1, 0.15) is 8.07 Å². The number of hydrogen-bond donors (Lipinski definition) is 1. The molecule has 1 aromatic rings. The van der Waals surface area contributed by atoms with Gasteiger partial charge in [0.25, 0.3) is 0 Å². The van der Waals surface area contributed by atoms with Gasteiger partial charge in [0.05, 0.1) is 12.6 Å². The van der Waals surface area contributed by atoms with Gasteiger partial charge in [0.2, 0.25) is 0 Å². The Labute approximate surface area is 117 Å². The third kappa shape index (κ3) is 3.62. The number of rotatable bonds is 2. The molecule has 19 heavy (non-hydrogen) atoms. The summed E-state index contributed by atoms with van der Waals surface area (Å²) in [5.41, 5.74) is 5.64. The second-order valence-electron chi connectivity index (χ2n) is 6.16. The van der Waals surface area contributed by atoms with E-state index in [2.05, 4.69) is 42.1 Å². The Morgan fingerprint density at radius 1 is 1.32 bits per heavy atom. The fraction of sp³-hybridized carbons (Fsp3) is 0.500. The SMILES string of the molecule is C[Si](C)(C)C#CC1CCCN1c1ccccc1CO. The molecule has 1 saturated heterocycles. The molecule has 1 N–H and O–H groups in total. The molecular formula is C16H23NOSi. The lowest BCUT2D eigenvalue weighted by atomic mass is 10.1. The normalized spacial score (nSPS) is 19.2. The predicted molar refractivity (Wildman–Crippen MR) is 83.9 cm³/mol. The minimum Gasteiger partial charge on any atom is -0.392 e. The van der Waals surface area contributed by atoms with Gasteiger partial charge in [-0.3, -0.25) is 0 Å². The highest BCUT2D eigenvalue weighted by Gasteiger charge is 2.24. The molecule has 0 saturated carbocycles. The average molecular weight is 273 g/mol. The molecule has 1 aliphatic heterocycles. The van der Waals surface area contributed by atoms with Crippen molar-refractivity contribution in [2.45, 2.75) is 45.1 Å². The van der Waals surface area contributed by atoms with Gasteiger partial charge >= 0.3 is 0 Å². The maximum absolute atomic E-state index is 9.47. The number of para-hydroxylation sites is 1. The molecule has 0 radical (unpaired) electrons. The van der Waals surface area contributed by atoms with Crippen molar-refractivity contribution in [1.29, 1.82) is 0 Å². The topological polar surface area (TPSA) is 23.5 Å². The summed E-state index contributed by atoms with van der Waals surface area (Å²) in [5, 5.41) is 9.47. The summed E-state index contributed by atoms with van der Waals surface area (Å²) in [5.74, 6) is 3.48. The molecule has 1 atom stereocenters. The second kappa shape index (κ2) is 5.81. The van der Waals surface area contributed by atoms with Crippen LogP contribution in [-0.2, 0) is 6.61 Å². The van der Waals surface area contributed by atoms with Crippen LogP contribution in [0.15, 0.2) is 24.3 Å². The van der Waals surface area contributed by atoms with Crippen molar-refractivity contribution in [3.05, 3.63) is 29.8 Å². The van der Waals surface area contributed by atoms with Gasteiger partial charge in [-0.1, -0.05) is 43.8 Å². The van der Waals surface area contributed by atoms with Crippen molar-refractivity contribution in [3.63, 3.8) is 0 Å². The summed E-state index contributed by atoms with van der Waals surface area (Å²) >= 11 is 0. The largest absolute Gasteiger partial charge is 0.392 e. The van der Waals surface area contributed by atoms with Crippen LogP contribution in [0.4, 0.5) is 5.69 Å². The van der Waals surface area contributed by atoms with E-state index >= 15 is 0 Å². The lowest BCUT2D eigenvalue weighted by molar-refractivity contribution is 0.282. The molecule has 0 aliphatic carbocycles. The maximum Gasteiger partial charge on any atom is 0.129 e. The van der Waals surface area contributed by atoms with Crippen LogP contribution in [0.5, 0.6) is 0 Å². The van der Waals surface area contributed by atoms with Crippen LogP contribution < -0.4 is 4.90 Å². The summed E-state index contributed by atoms with van der Waals surface area (Å²) < 4.78 is 0. The van der Waals surface area contributed by atoms with Crippen molar-refractivity contribution < 1.29 is 5.11 Å². The fourth-order valence-electron chi connectivity index (χ4n) is 2.43. The van der Waals surface area contributed by atoms with E-state index in [1.807, 2.05) is 18.2 Å². The highest BCUT2D eigenvalue weighted by molar-refractivity contribution is 6.83. The van der Waals surface area contributed by atoms with Gasteiger partial charge in [-0.15, -0.1) is 5.54 Å². The molecule has 1 aromatic carbocycles. The number of aliphatic hydroxyl groups excluding tert-OH is 1. The van der Waals surface area contributed by atoms with Crippen LogP contribution in [0.2, 0.25) is 19.6 Å². The lowest BCUT2D eigenvalue weighted by Crippen LogP contribution is -2.29. The Bertz CT molecular complexity index is 495. The van der Waals surface area contributed by atoms with Gasteiger partial charge < -0.3 is 10.0 Å². The molecule has 1 heterocycles. The Hall–Kier alpha value is -1.24. The number of nitrogens with zero attached hydrogens (tertiary/aromatic N) is 1. The summed E-state index contributed by atoms with van der Waals surface area (Å²) in [6, 6.07) is 8.43. The third-order valence-corrected chi connectivity index (χ3v) is 4.23. The van der Waals surface area contributed by atoms with Gasteiger partial charge in [-0.25, -0.2) is 0 Å². The third-order valence-electron chi connectivity index (χ3n) is 3.34. The number of hydrogen-bond acceptors (Lipinski definition) is 2. The number of benzene rings is 1. The lowest BCUT2D eigenvalue weighted by Gasteiger charge is -2.25. The van der Waals surface area contributed by atoms with E-state index in [-0.39, 0.29) is 6.61 Å². The van der Waals surface area contributed by atoms with Crippen LogP contribution in [0.1, 0.15) is 18.4 Å². The number of anilines is 1. The standard InChI is InChI=1S/C16H23NOSi/c1-19(2,3)12-10-15-8-6-11-17(15)16-9-5-4-7-14(16)13-18/h4-5,7,9,15,18H,6,8,11,13H2,1-3H3. The first-order valence-corrected chi connectivity index (χ1v) is 10.5. The number of aliphatic hydroxyl groups is 1. The smallest absolute Gasteiger partial charge is 0.129 e. The molecular weight excluding hydrogens is 250 g/mol.